The molecule has 0 saturated heterocycles. The van der Waals surface area contributed by atoms with E-state index in [4.69, 9.17) is 14.2 Å². The molecule has 186 valence electrons. The van der Waals surface area contributed by atoms with Crippen LogP contribution in [0.25, 0.3) is 0 Å². The molecule has 0 radical (unpaired) electrons. The lowest BCUT2D eigenvalue weighted by atomic mass is 9.71. The Labute approximate surface area is 215 Å². The number of Topliss-reactive ketones (excluding diaryl/α,β-unsaturated/α-hetero) is 2. The summed E-state index contributed by atoms with van der Waals surface area (Å²) in [5, 5.41) is 10.7. The van der Waals surface area contributed by atoms with Crippen LogP contribution in [0.2, 0.25) is 0 Å². The number of carbonyl (C=O) groups excluding carboxylic acids is 2. The molecule has 0 fully saturated rings. The van der Waals surface area contributed by atoms with Crippen molar-refractivity contribution in [3.63, 3.8) is 0 Å². The molecule has 1 heterocycles. The molecule has 0 amide bonds. The Morgan fingerprint density at radius 1 is 0.838 bits per heavy atom. The zero-order chi connectivity index (χ0) is 25.9. The molecule has 6 nitrogen and oxygen atoms in total. The van der Waals surface area contributed by atoms with Gasteiger partial charge in [0.25, 0.3) is 0 Å². The average Bonchev–Trinajstić information content (AvgIpc) is 2.94. The normalized spacial score (nSPS) is 17.3. The first-order chi connectivity index (χ1) is 18.0. The molecule has 0 aromatic heterocycles. The number of benzene rings is 4. The van der Waals surface area contributed by atoms with Crippen LogP contribution in [0, 0.1) is 5.92 Å². The number of rotatable bonds is 7. The molecule has 0 saturated carbocycles. The SMILES string of the molecule is COc1ccc(C(=O)[C@@H](c2ccccc2)[C@H]2C(=O)c3ccc(OC)cc3O[C@@H]2c2ccccc2)c(O)c1. The van der Waals surface area contributed by atoms with Crippen LogP contribution >= 0.6 is 0 Å². The number of fused-ring (bicyclic) bond motifs is 1. The largest absolute Gasteiger partial charge is 0.507 e. The molecule has 3 atom stereocenters. The number of ether oxygens (including phenoxy) is 3. The zero-order valence-electron chi connectivity index (χ0n) is 20.5. The van der Waals surface area contributed by atoms with Crippen molar-refractivity contribution < 1.29 is 28.9 Å². The van der Waals surface area contributed by atoms with E-state index in [1.807, 2.05) is 60.7 Å². The highest BCUT2D eigenvalue weighted by atomic mass is 16.5. The first-order valence-corrected chi connectivity index (χ1v) is 11.9. The van der Waals surface area contributed by atoms with Crippen LogP contribution in [0.4, 0.5) is 0 Å². The van der Waals surface area contributed by atoms with Gasteiger partial charge in [-0.2, -0.15) is 0 Å². The molecule has 4 aromatic rings. The van der Waals surface area contributed by atoms with Gasteiger partial charge in [-0.25, -0.2) is 0 Å². The Bertz CT molecular complexity index is 1430. The van der Waals surface area contributed by atoms with Gasteiger partial charge in [-0.3, -0.25) is 9.59 Å². The monoisotopic (exact) mass is 494 g/mol. The van der Waals surface area contributed by atoms with Crippen molar-refractivity contribution in [1.82, 2.24) is 0 Å². The van der Waals surface area contributed by atoms with E-state index in [0.717, 1.165) is 5.56 Å². The van der Waals surface area contributed by atoms with Gasteiger partial charge in [-0.05, 0) is 35.4 Å². The second-order valence-electron chi connectivity index (χ2n) is 8.84. The molecule has 6 heteroatoms. The number of phenolic OH excluding ortho intramolecular Hbond substituents is 1. The number of hydrogen-bond donors (Lipinski definition) is 1. The van der Waals surface area contributed by atoms with Crippen LogP contribution in [-0.2, 0) is 0 Å². The Kier molecular flexibility index (Phi) is 6.64. The second kappa shape index (κ2) is 10.2. The average molecular weight is 495 g/mol. The highest BCUT2D eigenvalue weighted by Gasteiger charge is 2.47. The summed E-state index contributed by atoms with van der Waals surface area (Å²) in [6.07, 6.45) is -0.747. The van der Waals surface area contributed by atoms with Crippen LogP contribution in [0.1, 0.15) is 43.9 Å². The van der Waals surface area contributed by atoms with Crippen molar-refractivity contribution in [3.05, 3.63) is 119 Å². The minimum atomic E-state index is -0.923. The Hall–Kier alpha value is -4.58. The summed E-state index contributed by atoms with van der Waals surface area (Å²) in [4.78, 5) is 28.4. The second-order valence-corrected chi connectivity index (χ2v) is 8.84. The zero-order valence-corrected chi connectivity index (χ0v) is 20.5. The highest BCUT2D eigenvalue weighted by Crippen LogP contribution is 2.47. The Balaban J connectivity index is 1.69. The van der Waals surface area contributed by atoms with E-state index in [2.05, 4.69) is 0 Å². The number of methoxy groups -OCH3 is 2. The summed E-state index contributed by atoms with van der Waals surface area (Å²) in [7, 11) is 3.03. The van der Waals surface area contributed by atoms with Crippen LogP contribution in [0.5, 0.6) is 23.0 Å². The third-order valence-corrected chi connectivity index (χ3v) is 6.74. The molecule has 0 spiro atoms. The fourth-order valence-corrected chi connectivity index (χ4v) is 4.90. The maximum atomic E-state index is 14.2. The van der Waals surface area contributed by atoms with Gasteiger partial charge in [0.2, 0.25) is 0 Å². The molecule has 1 N–H and O–H groups in total. The summed E-state index contributed by atoms with van der Waals surface area (Å²) in [5.41, 5.74) is 1.91. The van der Waals surface area contributed by atoms with E-state index in [0.29, 0.717) is 28.4 Å². The summed E-state index contributed by atoms with van der Waals surface area (Å²) < 4.78 is 17.0. The molecule has 1 aliphatic rings. The quantitative estimate of drug-likeness (QED) is 0.317. The molecule has 5 rings (SSSR count). The molecule has 1 aliphatic heterocycles. The van der Waals surface area contributed by atoms with E-state index in [1.165, 1.54) is 19.2 Å². The Morgan fingerprint density at radius 3 is 2.11 bits per heavy atom. The van der Waals surface area contributed by atoms with Crippen molar-refractivity contribution in [2.24, 2.45) is 5.92 Å². The highest BCUT2D eigenvalue weighted by molar-refractivity contribution is 6.10. The van der Waals surface area contributed by atoms with Gasteiger partial charge in [0, 0.05) is 12.1 Å². The third-order valence-electron chi connectivity index (χ3n) is 6.74. The van der Waals surface area contributed by atoms with Gasteiger partial charge in [-0.1, -0.05) is 60.7 Å². The van der Waals surface area contributed by atoms with Gasteiger partial charge < -0.3 is 19.3 Å². The maximum absolute atomic E-state index is 14.2. The number of ketones is 2. The van der Waals surface area contributed by atoms with Crippen molar-refractivity contribution >= 4 is 11.6 Å². The van der Waals surface area contributed by atoms with Gasteiger partial charge in [0.1, 0.15) is 29.1 Å². The van der Waals surface area contributed by atoms with Crippen molar-refractivity contribution in [1.29, 1.82) is 0 Å². The Morgan fingerprint density at radius 2 is 1.46 bits per heavy atom. The van der Waals surface area contributed by atoms with Crippen LogP contribution in [0.3, 0.4) is 0 Å². The standard InChI is InChI=1S/C31H26O6/c1-35-21-13-15-23(25(32)17-21)29(33)27(19-9-5-3-6-10-19)28-30(34)24-16-14-22(36-2)18-26(24)37-31(28)20-11-7-4-8-12-20/h3-18,27-28,31-32H,1-2H3/t27-,28-,31+/m0/s1. The summed E-state index contributed by atoms with van der Waals surface area (Å²) in [6, 6.07) is 28.1. The smallest absolute Gasteiger partial charge is 0.174 e. The van der Waals surface area contributed by atoms with Gasteiger partial charge >= 0.3 is 0 Å². The molecule has 4 aromatic carbocycles. The number of carbonyl (C=O) groups is 2. The topological polar surface area (TPSA) is 82.1 Å². The lowest BCUT2D eigenvalue weighted by molar-refractivity contribution is 0.0547. The first-order valence-electron chi connectivity index (χ1n) is 11.9. The van der Waals surface area contributed by atoms with E-state index in [1.54, 1.807) is 31.4 Å². The predicted molar refractivity (Wildman–Crippen MR) is 139 cm³/mol. The van der Waals surface area contributed by atoms with Gasteiger partial charge in [0.05, 0.1) is 37.2 Å². The molecule has 0 unspecified atom stereocenters. The molecule has 0 aliphatic carbocycles. The minimum absolute atomic E-state index is 0.106. The summed E-state index contributed by atoms with van der Waals surface area (Å²) in [6.45, 7) is 0. The summed E-state index contributed by atoms with van der Waals surface area (Å²) >= 11 is 0. The fraction of sp³-hybridized carbons (Fsp3) is 0.161. The lowest BCUT2D eigenvalue weighted by Gasteiger charge is -2.37. The fourth-order valence-electron chi connectivity index (χ4n) is 4.90. The van der Waals surface area contributed by atoms with Crippen molar-refractivity contribution in [2.45, 2.75) is 12.0 Å². The van der Waals surface area contributed by atoms with E-state index < -0.39 is 17.9 Å². The molecule has 0 bridgehead atoms. The number of hydrogen-bond acceptors (Lipinski definition) is 6. The van der Waals surface area contributed by atoms with Crippen LogP contribution in [0.15, 0.2) is 97.1 Å². The van der Waals surface area contributed by atoms with Crippen molar-refractivity contribution in [2.75, 3.05) is 14.2 Å². The van der Waals surface area contributed by atoms with E-state index >= 15 is 0 Å². The third kappa shape index (κ3) is 4.54. The van der Waals surface area contributed by atoms with E-state index in [9.17, 15) is 14.7 Å². The van der Waals surface area contributed by atoms with Crippen LogP contribution < -0.4 is 14.2 Å². The molecule has 37 heavy (non-hydrogen) atoms. The molecular weight excluding hydrogens is 468 g/mol. The van der Waals surface area contributed by atoms with Gasteiger partial charge in [0.15, 0.2) is 11.6 Å². The molecular formula is C31H26O6. The van der Waals surface area contributed by atoms with Crippen molar-refractivity contribution in [3.8, 4) is 23.0 Å². The van der Waals surface area contributed by atoms with Crippen LogP contribution in [-0.4, -0.2) is 30.9 Å². The van der Waals surface area contributed by atoms with Gasteiger partial charge in [-0.15, -0.1) is 0 Å². The van der Waals surface area contributed by atoms with E-state index in [-0.39, 0.29) is 22.9 Å². The number of phenols is 1. The number of aromatic hydroxyl groups is 1. The predicted octanol–water partition coefficient (Wildman–Crippen LogP) is 6.01. The maximum Gasteiger partial charge on any atom is 0.174 e. The summed E-state index contributed by atoms with van der Waals surface area (Å²) in [5.74, 6) is -1.23. The first kappa shape index (κ1) is 24.1. The minimum Gasteiger partial charge on any atom is -0.507 e. The lowest BCUT2D eigenvalue weighted by Crippen LogP contribution is -2.39.